The standard InChI is InChI=1S/C17H25NO2/c1-3-14-9-7-8-12-16(14)20-13(2)17(19)18-15-10-5-4-6-11-15/h7-9,12-13,15H,3-6,10-11H2,1-2H3,(H,18,19)/t13-/m1/s1. The molecule has 1 saturated carbocycles. The van der Waals surface area contributed by atoms with E-state index < -0.39 is 6.10 Å². The molecule has 0 unspecified atom stereocenters. The van der Waals surface area contributed by atoms with Gasteiger partial charge < -0.3 is 10.1 Å². The van der Waals surface area contributed by atoms with Crippen LogP contribution in [0.5, 0.6) is 5.75 Å². The van der Waals surface area contributed by atoms with Crippen LogP contribution in [0.2, 0.25) is 0 Å². The average Bonchev–Trinajstić information content (AvgIpc) is 2.48. The minimum atomic E-state index is -0.440. The third-order valence-electron chi connectivity index (χ3n) is 3.98. The summed E-state index contributed by atoms with van der Waals surface area (Å²) in [7, 11) is 0. The lowest BCUT2D eigenvalue weighted by molar-refractivity contribution is -0.128. The second-order valence-electron chi connectivity index (χ2n) is 5.56. The summed E-state index contributed by atoms with van der Waals surface area (Å²) >= 11 is 0. The molecule has 0 heterocycles. The van der Waals surface area contributed by atoms with Crippen molar-refractivity contribution in [2.24, 2.45) is 0 Å². The topological polar surface area (TPSA) is 38.3 Å². The number of nitrogens with one attached hydrogen (secondary N) is 1. The fourth-order valence-electron chi connectivity index (χ4n) is 2.72. The van der Waals surface area contributed by atoms with Crippen LogP contribution in [-0.4, -0.2) is 18.1 Å². The normalized spacial score (nSPS) is 17.5. The smallest absolute Gasteiger partial charge is 0.260 e. The number of hydrogen-bond donors (Lipinski definition) is 1. The number of ether oxygens (including phenoxy) is 1. The Kier molecular flexibility index (Phi) is 5.45. The van der Waals surface area contributed by atoms with Crippen molar-refractivity contribution in [1.29, 1.82) is 0 Å². The predicted molar refractivity (Wildman–Crippen MR) is 80.9 cm³/mol. The van der Waals surface area contributed by atoms with Crippen LogP contribution >= 0.6 is 0 Å². The van der Waals surface area contributed by atoms with E-state index >= 15 is 0 Å². The number of hydrogen-bond acceptors (Lipinski definition) is 2. The lowest BCUT2D eigenvalue weighted by Crippen LogP contribution is -2.43. The summed E-state index contributed by atoms with van der Waals surface area (Å²) in [5.41, 5.74) is 1.14. The van der Waals surface area contributed by atoms with Crippen molar-refractivity contribution < 1.29 is 9.53 Å². The Morgan fingerprint density at radius 1 is 1.30 bits per heavy atom. The molecule has 1 aliphatic rings. The molecule has 1 N–H and O–H groups in total. The first-order valence-corrected chi connectivity index (χ1v) is 7.75. The summed E-state index contributed by atoms with van der Waals surface area (Å²) in [6, 6.07) is 8.26. The fraction of sp³-hybridized carbons (Fsp3) is 0.588. The molecule has 20 heavy (non-hydrogen) atoms. The number of carbonyl (C=O) groups is 1. The zero-order valence-electron chi connectivity index (χ0n) is 12.5. The van der Waals surface area contributed by atoms with Gasteiger partial charge in [0.05, 0.1) is 0 Å². The van der Waals surface area contributed by atoms with E-state index in [9.17, 15) is 4.79 Å². The molecule has 1 aromatic carbocycles. The van der Waals surface area contributed by atoms with Crippen LogP contribution in [-0.2, 0) is 11.2 Å². The second kappa shape index (κ2) is 7.32. The van der Waals surface area contributed by atoms with Gasteiger partial charge in [-0.25, -0.2) is 0 Å². The quantitative estimate of drug-likeness (QED) is 0.893. The van der Waals surface area contributed by atoms with E-state index in [1.54, 1.807) is 0 Å². The monoisotopic (exact) mass is 275 g/mol. The first-order valence-electron chi connectivity index (χ1n) is 7.75. The molecule has 1 fully saturated rings. The maximum atomic E-state index is 12.2. The van der Waals surface area contributed by atoms with E-state index in [0.29, 0.717) is 6.04 Å². The molecular weight excluding hydrogens is 250 g/mol. The molecule has 0 aliphatic heterocycles. The summed E-state index contributed by atoms with van der Waals surface area (Å²) in [4.78, 5) is 12.2. The van der Waals surface area contributed by atoms with Gasteiger partial charge in [0.25, 0.3) is 5.91 Å². The Hall–Kier alpha value is -1.51. The van der Waals surface area contributed by atoms with Gasteiger partial charge in [-0.15, -0.1) is 0 Å². The molecule has 1 aromatic rings. The van der Waals surface area contributed by atoms with Crippen LogP contribution < -0.4 is 10.1 Å². The van der Waals surface area contributed by atoms with Crippen LogP contribution in [0, 0.1) is 0 Å². The zero-order chi connectivity index (χ0) is 14.4. The van der Waals surface area contributed by atoms with Gasteiger partial charge in [-0.2, -0.15) is 0 Å². The van der Waals surface area contributed by atoms with Crippen molar-refractivity contribution in [1.82, 2.24) is 5.32 Å². The van der Waals surface area contributed by atoms with E-state index in [2.05, 4.69) is 12.2 Å². The highest BCUT2D eigenvalue weighted by molar-refractivity contribution is 5.81. The molecule has 1 amide bonds. The number of benzene rings is 1. The van der Waals surface area contributed by atoms with Crippen molar-refractivity contribution in [3.05, 3.63) is 29.8 Å². The molecule has 2 rings (SSSR count). The van der Waals surface area contributed by atoms with E-state index in [4.69, 9.17) is 4.74 Å². The molecular formula is C17H25NO2. The maximum Gasteiger partial charge on any atom is 0.260 e. The third-order valence-corrected chi connectivity index (χ3v) is 3.98. The Balaban J connectivity index is 1.89. The van der Waals surface area contributed by atoms with Crippen LogP contribution in [0.4, 0.5) is 0 Å². The summed E-state index contributed by atoms with van der Waals surface area (Å²) in [5, 5.41) is 3.11. The molecule has 0 radical (unpaired) electrons. The number of carbonyl (C=O) groups excluding carboxylic acids is 1. The lowest BCUT2D eigenvalue weighted by Gasteiger charge is -2.25. The van der Waals surface area contributed by atoms with E-state index in [-0.39, 0.29) is 5.91 Å². The summed E-state index contributed by atoms with van der Waals surface area (Å²) in [6.45, 7) is 3.92. The highest BCUT2D eigenvalue weighted by Crippen LogP contribution is 2.21. The molecule has 0 bridgehead atoms. The SMILES string of the molecule is CCc1ccccc1O[C@H](C)C(=O)NC1CCCCC1. The number of aryl methyl sites for hydroxylation is 1. The predicted octanol–water partition coefficient (Wildman–Crippen LogP) is 3.47. The summed E-state index contributed by atoms with van der Waals surface area (Å²) in [5.74, 6) is 0.823. The van der Waals surface area contributed by atoms with E-state index in [0.717, 1.165) is 30.6 Å². The van der Waals surface area contributed by atoms with Gasteiger partial charge in [0.2, 0.25) is 0 Å². The van der Waals surface area contributed by atoms with E-state index in [1.807, 2.05) is 31.2 Å². The van der Waals surface area contributed by atoms with Crippen molar-refractivity contribution >= 4 is 5.91 Å². The Labute approximate surface area is 121 Å². The molecule has 0 saturated heterocycles. The van der Waals surface area contributed by atoms with Crippen molar-refractivity contribution in [2.45, 2.75) is 64.5 Å². The highest BCUT2D eigenvalue weighted by Gasteiger charge is 2.21. The van der Waals surface area contributed by atoms with Gasteiger partial charge in [-0.1, -0.05) is 44.4 Å². The van der Waals surface area contributed by atoms with Crippen LogP contribution in [0.25, 0.3) is 0 Å². The molecule has 3 nitrogen and oxygen atoms in total. The molecule has 0 spiro atoms. The molecule has 1 aliphatic carbocycles. The van der Waals surface area contributed by atoms with Gasteiger partial charge in [0, 0.05) is 6.04 Å². The second-order valence-corrected chi connectivity index (χ2v) is 5.56. The van der Waals surface area contributed by atoms with Crippen LogP contribution in [0.3, 0.4) is 0 Å². The Bertz CT molecular complexity index is 438. The van der Waals surface area contributed by atoms with Crippen molar-refractivity contribution in [3.8, 4) is 5.75 Å². The van der Waals surface area contributed by atoms with Crippen LogP contribution in [0.15, 0.2) is 24.3 Å². The number of amides is 1. The number of para-hydroxylation sites is 1. The zero-order valence-corrected chi connectivity index (χ0v) is 12.5. The van der Waals surface area contributed by atoms with Gasteiger partial charge in [0.1, 0.15) is 5.75 Å². The van der Waals surface area contributed by atoms with Crippen molar-refractivity contribution in [3.63, 3.8) is 0 Å². The van der Waals surface area contributed by atoms with Gasteiger partial charge in [-0.05, 0) is 37.8 Å². The van der Waals surface area contributed by atoms with Crippen molar-refractivity contribution in [2.75, 3.05) is 0 Å². The van der Waals surface area contributed by atoms with Gasteiger partial charge in [-0.3, -0.25) is 4.79 Å². The highest BCUT2D eigenvalue weighted by atomic mass is 16.5. The third kappa shape index (κ3) is 3.99. The molecule has 3 heteroatoms. The minimum absolute atomic E-state index is 0.00260. The lowest BCUT2D eigenvalue weighted by atomic mass is 9.95. The Morgan fingerprint density at radius 2 is 2.00 bits per heavy atom. The van der Waals surface area contributed by atoms with Crippen LogP contribution in [0.1, 0.15) is 51.5 Å². The largest absolute Gasteiger partial charge is 0.481 e. The Morgan fingerprint density at radius 3 is 2.70 bits per heavy atom. The molecule has 1 atom stereocenters. The summed E-state index contributed by atoms with van der Waals surface area (Å²) < 4.78 is 5.83. The first-order chi connectivity index (χ1) is 9.70. The fourth-order valence-corrected chi connectivity index (χ4v) is 2.72. The maximum absolute atomic E-state index is 12.2. The van der Waals surface area contributed by atoms with Gasteiger partial charge in [0.15, 0.2) is 6.10 Å². The minimum Gasteiger partial charge on any atom is -0.481 e. The average molecular weight is 275 g/mol. The molecule has 0 aromatic heterocycles. The first kappa shape index (κ1) is 14.9. The van der Waals surface area contributed by atoms with E-state index in [1.165, 1.54) is 19.3 Å². The number of rotatable bonds is 5. The summed E-state index contributed by atoms with van der Waals surface area (Å²) in [6.07, 6.45) is 6.41. The van der Waals surface area contributed by atoms with Gasteiger partial charge >= 0.3 is 0 Å². The molecule has 110 valence electrons.